The third kappa shape index (κ3) is 4.01. The van der Waals surface area contributed by atoms with Gasteiger partial charge in [-0.1, -0.05) is 5.92 Å². The van der Waals surface area contributed by atoms with Gasteiger partial charge in [-0.05, 0) is 46.7 Å². The minimum atomic E-state index is -0.759. The molecular weight excluding hydrogens is 219 g/mol. The van der Waals surface area contributed by atoms with Crippen LogP contribution in [0.3, 0.4) is 0 Å². The van der Waals surface area contributed by atoms with Gasteiger partial charge in [-0.25, -0.2) is 4.39 Å². The van der Waals surface area contributed by atoms with Crippen LogP contribution in [0.1, 0.15) is 26.7 Å². The molecule has 0 atom stereocenters. The molecular formula is C13H21FN2O. The summed E-state index contributed by atoms with van der Waals surface area (Å²) in [7, 11) is 3.85. The lowest BCUT2D eigenvalue weighted by atomic mass is 10.1. The van der Waals surface area contributed by atoms with Gasteiger partial charge in [-0.3, -0.25) is 9.69 Å². The second kappa shape index (κ2) is 5.50. The first-order valence-electron chi connectivity index (χ1n) is 5.96. The Labute approximate surface area is 103 Å². The summed E-state index contributed by atoms with van der Waals surface area (Å²) < 4.78 is 12.9. The molecule has 4 heteroatoms. The second-order valence-electron chi connectivity index (χ2n) is 5.17. The van der Waals surface area contributed by atoms with Crippen molar-refractivity contribution in [2.75, 3.05) is 27.2 Å². The maximum absolute atomic E-state index is 12.9. The van der Waals surface area contributed by atoms with E-state index in [9.17, 15) is 9.18 Å². The lowest BCUT2D eigenvalue weighted by Gasteiger charge is -2.28. The third-order valence-corrected chi connectivity index (χ3v) is 3.31. The normalized spacial score (nSPS) is 17.9. The van der Waals surface area contributed by atoms with Gasteiger partial charge >= 0.3 is 0 Å². The summed E-state index contributed by atoms with van der Waals surface area (Å²) in [6.45, 7) is 4.89. The Morgan fingerprint density at radius 2 is 1.88 bits per heavy atom. The maximum Gasteiger partial charge on any atom is 0.298 e. The van der Waals surface area contributed by atoms with E-state index in [0.717, 1.165) is 0 Å². The highest BCUT2D eigenvalue weighted by Gasteiger charge is 2.22. The average Bonchev–Trinajstić information content (AvgIpc) is 2.27. The number of nitrogens with zero attached hydrogens (tertiary/aromatic N) is 2. The summed E-state index contributed by atoms with van der Waals surface area (Å²) in [5.74, 6) is 5.43. The standard InChI is InChI=1S/C13H21FN2O/c1-13(2,15(3)4)8-5-12(17)16-9-6-11(14)7-10-16/h11H,6-7,9-10H2,1-4H3. The molecule has 17 heavy (non-hydrogen) atoms. The zero-order valence-corrected chi connectivity index (χ0v) is 11.1. The SMILES string of the molecule is CN(C)C(C)(C)C#CC(=O)N1CCC(F)CC1. The fourth-order valence-electron chi connectivity index (χ4n) is 1.45. The van der Waals surface area contributed by atoms with Gasteiger partial charge in [-0.2, -0.15) is 0 Å². The molecule has 0 aromatic carbocycles. The molecule has 0 aromatic rings. The molecule has 1 saturated heterocycles. The smallest absolute Gasteiger partial charge is 0.298 e. The summed E-state index contributed by atoms with van der Waals surface area (Å²) in [6, 6.07) is 0. The van der Waals surface area contributed by atoms with E-state index in [2.05, 4.69) is 11.8 Å². The van der Waals surface area contributed by atoms with Crippen molar-refractivity contribution in [1.29, 1.82) is 0 Å². The van der Waals surface area contributed by atoms with Crippen molar-refractivity contribution in [3.8, 4) is 11.8 Å². The second-order valence-corrected chi connectivity index (χ2v) is 5.17. The molecule has 0 saturated carbocycles. The van der Waals surface area contributed by atoms with Crippen LogP contribution in [0.2, 0.25) is 0 Å². The average molecular weight is 240 g/mol. The van der Waals surface area contributed by atoms with Crippen LogP contribution in [0.5, 0.6) is 0 Å². The third-order valence-electron chi connectivity index (χ3n) is 3.31. The van der Waals surface area contributed by atoms with Gasteiger partial charge in [0.15, 0.2) is 0 Å². The van der Waals surface area contributed by atoms with Gasteiger partial charge in [-0.15, -0.1) is 0 Å². The molecule has 96 valence electrons. The van der Waals surface area contributed by atoms with Crippen molar-refractivity contribution in [2.45, 2.75) is 38.4 Å². The van der Waals surface area contributed by atoms with Crippen LogP contribution in [-0.2, 0) is 4.79 Å². The van der Waals surface area contributed by atoms with Gasteiger partial charge in [0.2, 0.25) is 0 Å². The van der Waals surface area contributed by atoms with E-state index < -0.39 is 6.17 Å². The van der Waals surface area contributed by atoms with Gasteiger partial charge in [0.25, 0.3) is 5.91 Å². The van der Waals surface area contributed by atoms with E-state index in [1.54, 1.807) is 4.90 Å². The summed E-state index contributed by atoms with van der Waals surface area (Å²) in [4.78, 5) is 15.4. The molecule has 1 amide bonds. The van der Waals surface area contributed by atoms with Crippen LogP contribution in [0, 0.1) is 11.8 Å². The Morgan fingerprint density at radius 1 is 1.35 bits per heavy atom. The molecule has 0 unspecified atom stereocenters. The van der Waals surface area contributed by atoms with Crippen molar-refractivity contribution < 1.29 is 9.18 Å². The Hall–Kier alpha value is -1.08. The monoisotopic (exact) mass is 240 g/mol. The number of likely N-dealkylation sites (tertiary alicyclic amines) is 1. The fraction of sp³-hybridized carbons (Fsp3) is 0.769. The summed E-state index contributed by atoms with van der Waals surface area (Å²) in [5.41, 5.74) is -0.325. The quantitative estimate of drug-likeness (QED) is 0.645. The minimum Gasteiger partial charge on any atom is -0.332 e. The predicted molar refractivity (Wildman–Crippen MR) is 66.3 cm³/mol. The molecule has 0 aliphatic carbocycles. The van der Waals surface area contributed by atoms with Crippen molar-refractivity contribution in [3.63, 3.8) is 0 Å². The first-order valence-corrected chi connectivity index (χ1v) is 5.96. The highest BCUT2D eigenvalue weighted by atomic mass is 19.1. The van der Waals surface area contributed by atoms with Gasteiger partial charge in [0.05, 0.1) is 5.54 Å². The van der Waals surface area contributed by atoms with E-state index in [4.69, 9.17) is 0 Å². The van der Waals surface area contributed by atoms with Crippen LogP contribution in [0.15, 0.2) is 0 Å². The molecule has 1 rings (SSSR count). The summed E-state index contributed by atoms with van der Waals surface area (Å²) >= 11 is 0. The molecule has 1 fully saturated rings. The number of alkyl halides is 1. The fourth-order valence-corrected chi connectivity index (χ4v) is 1.45. The number of rotatable bonds is 1. The summed E-state index contributed by atoms with van der Waals surface area (Å²) in [5, 5.41) is 0. The zero-order valence-electron chi connectivity index (χ0n) is 11.1. The number of hydrogen-bond acceptors (Lipinski definition) is 2. The molecule has 3 nitrogen and oxygen atoms in total. The van der Waals surface area contributed by atoms with E-state index >= 15 is 0 Å². The lowest BCUT2D eigenvalue weighted by molar-refractivity contribution is -0.126. The molecule has 0 N–H and O–H groups in total. The van der Waals surface area contributed by atoms with Crippen LogP contribution in [-0.4, -0.2) is 54.6 Å². The van der Waals surface area contributed by atoms with E-state index in [1.807, 2.05) is 32.8 Å². The number of piperidine rings is 1. The van der Waals surface area contributed by atoms with Gasteiger partial charge in [0.1, 0.15) is 6.17 Å². The van der Waals surface area contributed by atoms with Gasteiger partial charge in [0, 0.05) is 13.1 Å². The number of amides is 1. The van der Waals surface area contributed by atoms with Crippen molar-refractivity contribution >= 4 is 5.91 Å². The van der Waals surface area contributed by atoms with Crippen LogP contribution in [0.25, 0.3) is 0 Å². The van der Waals surface area contributed by atoms with Gasteiger partial charge < -0.3 is 4.90 Å². The van der Waals surface area contributed by atoms with Crippen molar-refractivity contribution in [2.24, 2.45) is 0 Å². The highest BCUT2D eigenvalue weighted by Crippen LogP contribution is 2.13. The largest absolute Gasteiger partial charge is 0.332 e. The van der Waals surface area contributed by atoms with Crippen LogP contribution >= 0.6 is 0 Å². The van der Waals surface area contributed by atoms with E-state index in [-0.39, 0.29) is 11.4 Å². The summed E-state index contributed by atoms with van der Waals surface area (Å²) in [6.07, 6.45) is 0.111. The van der Waals surface area contributed by atoms with Crippen LogP contribution in [0.4, 0.5) is 4.39 Å². The Bertz CT molecular complexity index is 333. The van der Waals surface area contributed by atoms with Crippen molar-refractivity contribution in [1.82, 2.24) is 9.80 Å². The molecule has 0 aromatic heterocycles. The number of carbonyl (C=O) groups excluding carboxylic acids is 1. The molecule has 1 heterocycles. The topological polar surface area (TPSA) is 23.6 Å². The Morgan fingerprint density at radius 3 is 2.35 bits per heavy atom. The Balaban J connectivity index is 2.58. The first-order chi connectivity index (χ1) is 7.83. The van der Waals surface area contributed by atoms with Crippen LogP contribution < -0.4 is 0 Å². The maximum atomic E-state index is 12.9. The lowest BCUT2D eigenvalue weighted by Crippen LogP contribution is -2.39. The minimum absolute atomic E-state index is 0.188. The Kier molecular flexibility index (Phi) is 4.53. The number of carbonyl (C=O) groups is 1. The predicted octanol–water partition coefficient (Wildman–Crippen LogP) is 1.29. The zero-order chi connectivity index (χ0) is 13.1. The molecule has 0 spiro atoms. The van der Waals surface area contributed by atoms with E-state index in [1.165, 1.54) is 0 Å². The first kappa shape index (κ1) is 14.0. The molecule has 1 aliphatic heterocycles. The van der Waals surface area contributed by atoms with Crippen molar-refractivity contribution in [3.05, 3.63) is 0 Å². The van der Waals surface area contributed by atoms with E-state index in [0.29, 0.717) is 25.9 Å². The molecule has 0 bridgehead atoms. The highest BCUT2D eigenvalue weighted by molar-refractivity contribution is 5.93. The molecule has 1 aliphatic rings. The number of hydrogen-bond donors (Lipinski definition) is 0. The number of halogens is 1. The molecule has 0 radical (unpaired) electrons.